The summed E-state index contributed by atoms with van der Waals surface area (Å²) in [7, 11) is 0. The van der Waals surface area contributed by atoms with Crippen LogP contribution in [0, 0.1) is 5.92 Å². The molecule has 0 spiro atoms. The molecule has 82 valence electrons. The summed E-state index contributed by atoms with van der Waals surface area (Å²) in [5, 5.41) is 0. The summed E-state index contributed by atoms with van der Waals surface area (Å²) in [6, 6.07) is 10.9. The lowest BCUT2D eigenvalue weighted by Gasteiger charge is -2.21. The lowest BCUT2D eigenvalue weighted by Crippen LogP contribution is -2.06. The Kier molecular flexibility index (Phi) is 4.25. The molecule has 1 aliphatic carbocycles. The van der Waals surface area contributed by atoms with Crippen LogP contribution in [0.3, 0.4) is 0 Å². The molecule has 0 nitrogen and oxygen atoms in total. The average Bonchev–Trinajstić information content (AvgIpc) is 2.32. The first-order chi connectivity index (χ1) is 7.45. The SMILES string of the molecule is c1ccc(CCCC2CCCCC2)cc1. The van der Waals surface area contributed by atoms with E-state index in [9.17, 15) is 0 Å². The summed E-state index contributed by atoms with van der Waals surface area (Å²) in [5.41, 5.74) is 1.51. The molecule has 1 saturated carbocycles. The molecule has 15 heavy (non-hydrogen) atoms. The van der Waals surface area contributed by atoms with Gasteiger partial charge in [-0.25, -0.2) is 0 Å². The third-order valence-electron chi connectivity index (χ3n) is 3.65. The van der Waals surface area contributed by atoms with Crippen LogP contribution in [0.5, 0.6) is 0 Å². The van der Waals surface area contributed by atoms with Crippen molar-refractivity contribution >= 4 is 0 Å². The zero-order valence-electron chi connectivity index (χ0n) is 9.62. The van der Waals surface area contributed by atoms with Crippen molar-refractivity contribution in [3.8, 4) is 0 Å². The van der Waals surface area contributed by atoms with Gasteiger partial charge >= 0.3 is 0 Å². The van der Waals surface area contributed by atoms with Gasteiger partial charge in [0.1, 0.15) is 0 Å². The van der Waals surface area contributed by atoms with E-state index in [4.69, 9.17) is 0 Å². The van der Waals surface area contributed by atoms with Crippen LogP contribution < -0.4 is 0 Å². The number of rotatable bonds is 4. The highest BCUT2D eigenvalue weighted by molar-refractivity contribution is 5.14. The van der Waals surface area contributed by atoms with Gasteiger partial charge in [0.2, 0.25) is 0 Å². The standard InChI is InChI=1S/C15H22/c1-3-8-14(9-4-1)12-7-13-15-10-5-2-6-11-15/h1,3-4,8-9,15H,2,5-7,10-13H2. The fraction of sp³-hybridized carbons (Fsp3) is 0.600. The smallest absolute Gasteiger partial charge is 0.0279 e. The molecule has 0 radical (unpaired) electrons. The summed E-state index contributed by atoms with van der Waals surface area (Å²) in [6.07, 6.45) is 11.5. The number of hydrogen-bond acceptors (Lipinski definition) is 0. The van der Waals surface area contributed by atoms with E-state index >= 15 is 0 Å². The highest BCUT2D eigenvalue weighted by Gasteiger charge is 2.12. The van der Waals surface area contributed by atoms with Crippen LogP contribution in [-0.4, -0.2) is 0 Å². The molecular formula is C15H22. The van der Waals surface area contributed by atoms with Crippen LogP contribution in [0.4, 0.5) is 0 Å². The third kappa shape index (κ3) is 3.70. The minimum atomic E-state index is 1.04. The normalized spacial score (nSPS) is 17.9. The van der Waals surface area contributed by atoms with Crippen molar-refractivity contribution in [1.82, 2.24) is 0 Å². The van der Waals surface area contributed by atoms with Crippen LogP contribution in [-0.2, 0) is 6.42 Å². The lowest BCUT2D eigenvalue weighted by atomic mass is 9.85. The van der Waals surface area contributed by atoms with E-state index in [2.05, 4.69) is 30.3 Å². The maximum atomic E-state index is 2.25. The predicted molar refractivity (Wildman–Crippen MR) is 66.0 cm³/mol. The summed E-state index contributed by atoms with van der Waals surface area (Å²) in [4.78, 5) is 0. The van der Waals surface area contributed by atoms with Gasteiger partial charge in [-0.05, 0) is 24.3 Å². The Morgan fingerprint density at radius 3 is 2.40 bits per heavy atom. The predicted octanol–water partition coefficient (Wildman–Crippen LogP) is 4.59. The molecule has 0 unspecified atom stereocenters. The van der Waals surface area contributed by atoms with Crippen molar-refractivity contribution in [3.05, 3.63) is 35.9 Å². The molecule has 1 aromatic rings. The molecule has 0 heterocycles. The maximum absolute atomic E-state index is 2.25. The molecule has 2 rings (SSSR count). The highest BCUT2D eigenvalue weighted by Crippen LogP contribution is 2.27. The Morgan fingerprint density at radius 2 is 1.67 bits per heavy atom. The molecule has 0 saturated heterocycles. The molecule has 0 heteroatoms. The Hall–Kier alpha value is -0.780. The Labute approximate surface area is 93.7 Å². The summed E-state index contributed by atoms with van der Waals surface area (Å²) >= 11 is 0. The quantitative estimate of drug-likeness (QED) is 0.670. The van der Waals surface area contributed by atoms with Gasteiger partial charge in [0.05, 0.1) is 0 Å². The highest BCUT2D eigenvalue weighted by atomic mass is 14.2. The van der Waals surface area contributed by atoms with Crippen LogP contribution >= 0.6 is 0 Å². The fourth-order valence-corrected chi connectivity index (χ4v) is 2.72. The van der Waals surface area contributed by atoms with Gasteiger partial charge in [0, 0.05) is 0 Å². The molecule has 0 aliphatic heterocycles. The first-order valence-electron chi connectivity index (χ1n) is 6.49. The first-order valence-corrected chi connectivity index (χ1v) is 6.49. The van der Waals surface area contributed by atoms with Gasteiger partial charge < -0.3 is 0 Å². The third-order valence-corrected chi connectivity index (χ3v) is 3.65. The van der Waals surface area contributed by atoms with Crippen molar-refractivity contribution in [3.63, 3.8) is 0 Å². The van der Waals surface area contributed by atoms with Crippen molar-refractivity contribution in [2.75, 3.05) is 0 Å². The molecule has 0 N–H and O–H groups in total. The molecule has 1 aromatic carbocycles. The summed E-state index contributed by atoms with van der Waals surface area (Å²) in [5.74, 6) is 1.04. The van der Waals surface area contributed by atoms with E-state index in [1.54, 1.807) is 0 Å². The minimum Gasteiger partial charge on any atom is -0.0622 e. The first kappa shape index (κ1) is 10.7. The van der Waals surface area contributed by atoms with Crippen molar-refractivity contribution in [1.29, 1.82) is 0 Å². The van der Waals surface area contributed by atoms with Gasteiger partial charge in [0.25, 0.3) is 0 Å². The van der Waals surface area contributed by atoms with E-state index in [0.717, 1.165) is 5.92 Å². The average molecular weight is 202 g/mol. The summed E-state index contributed by atoms with van der Waals surface area (Å²) < 4.78 is 0. The minimum absolute atomic E-state index is 1.04. The van der Waals surface area contributed by atoms with Crippen molar-refractivity contribution in [2.24, 2.45) is 5.92 Å². The van der Waals surface area contributed by atoms with E-state index in [1.165, 1.54) is 56.9 Å². The van der Waals surface area contributed by atoms with E-state index in [0.29, 0.717) is 0 Å². The molecule has 1 fully saturated rings. The monoisotopic (exact) mass is 202 g/mol. The molecule has 0 amide bonds. The van der Waals surface area contributed by atoms with Crippen LogP contribution in [0.15, 0.2) is 30.3 Å². The molecule has 0 atom stereocenters. The van der Waals surface area contributed by atoms with Crippen LogP contribution in [0.2, 0.25) is 0 Å². The van der Waals surface area contributed by atoms with E-state index < -0.39 is 0 Å². The maximum Gasteiger partial charge on any atom is -0.0279 e. The second kappa shape index (κ2) is 5.95. The van der Waals surface area contributed by atoms with Gasteiger partial charge in [-0.1, -0.05) is 68.9 Å². The summed E-state index contributed by atoms with van der Waals surface area (Å²) in [6.45, 7) is 0. The van der Waals surface area contributed by atoms with Gasteiger partial charge in [-0.3, -0.25) is 0 Å². The lowest BCUT2D eigenvalue weighted by molar-refractivity contribution is 0.332. The Bertz CT molecular complexity index is 257. The Balaban J connectivity index is 1.66. The molecular weight excluding hydrogens is 180 g/mol. The zero-order valence-corrected chi connectivity index (χ0v) is 9.62. The zero-order chi connectivity index (χ0) is 10.3. The number of hydrogen-bond donors (Lipinski definition) is 0. The molecule has 1 aliphatic rings. The van der Waals surface area contributed by atoms with Gasteiger partial charge in [-0.2, -0.15) is 0 Å². The topological polar surface area (TPSA) is 0 Å². The van der Waals surface area contributed by atoms with Crippen molar-refractivity contribution in [2.45, 2.75) is 51.4 Å². The second-order valence-electron chi connectivity index (χ2n) is 4.88. The van der Waals surface area contributed by atoms with Crippen LogP contribution in [0.25, 0.3) is 0 Å². The van der Waals surface area contributed by atoms with Gasteiger partial charge in [-0.15, -0.1) is 0 Å². The van der Waals surface area contributed by atoms with E-state index in [1.807, 2.05) is 0 Å². The van der Waals surface area contributed by atoms with Crippen molar-refractivity contribution < 1.29 is 0 Å². The second-order valence-corrected chi connectivity index (χ2v) is 4.88. The Morgan fingerprint density at radius 1 is 0.933 bits per heavy atom. The number of benzene rings is 1. The molecule has 0 bridgehead atoms. The largest absolute Gasteiger partial charge is 0.0622 e. The van der Waals surface area contributed by atoms with Gasteiger partial charge in [0.15, 0.2) is 0 Å². The fourth-order valence-electron chi connectivity index (χ4n) is 2.72. The van der Waals surface area contributed by atoms with E-state index in [-0.39, 0.29) is 0 Å². The van der Waals surface area contributed by atoms with Crippen LogP contribution in [0.1, 0.15) is 50.5 Å². The number of aryl methyl sites for hydroxylation is 1. The molecule has 0 aromatic heterocycles.